The molecule has 0 amide bonds. The van der Waals surface area contributed by atoms with Crippen molar-refractivity contribution in [2.24, 2.45) is 17.3 Å². The van der Waals surface area contributed by atoms with Crippen LogP contribution in [-0.4, -0.2) is 18.7 Å². The molecule has 0 saturated carbocycles. The Morgan fingerprint density at radius 1 is 1.00 bits per heavy atom. The molecular formula is C13H27O4P. The van der Waals surface area contributed by atoms with Crippen LogP contribution in [0, 0.1) is 17.3 Å². The Labute approximate surface area is 111 Å². The Morgan fingerprint density at radius 2 is 1.33 bits per heavy atom. The molecule has 5 heteroatoms. The van der Waals surface area contributed by atoms with Gasteiger partial charge in [0.05, 0.1) is 13.2 Å². The summed E-state index contributed by atoms with van der Waals surface area (Å²) in [5, 5.41) is 0. The Balaban J connectivity index is 4.91. The van der Waals surface area contributed by atoms with Gasteiger partial charge in [-0.05, 0) is 11.8 Å². The second-order valence-corrected chi connectivity index (χ2v) is 8.35. The molecule has 0 aliphatic rings. The molecule has 0 aromatic heterocycles. The molecule has 4 nitrogen and oxygen atoms in total. The molecule has 0 bridgehead atoms. The highest BCUT2D eigenvalue weighted by atomic mass is 31.2. The third-order valence-corrected chi connectivity index (χ3v) is 4.19. The second kappa shape index (κ2) is 6.83. The van der Waals surface area contributed by atoms with Gasteiger partial charge in [-0.25, -0.2) is 0 Å². The third-order valence-electron chi connectivity index (χ3n) is 2.05. The zero-order chi connectivity index (χ0) is 14.6. The Bertz CT molecular complexity index is 299. The highest BCUT2D eigenvalue weighted by molar-refractivity contribution is 7.72. The Morgan fingerprint density at radius 3 is 1.56 bits per heavy atom. The van der Waals surface area contributed by atoms with E-state index >= 15 is 0 Å². The highest BCUT2D eigenvalue weighted by Crippen LogP contribution is 2.54. The van der Waals surface area contributed by atoms with Crippen molar-refractivity contribution in [1.29, 1.82) is 0 Å². The molecular weight excluding hydrogens is 251 g/mol. The molecule has 0 aromatic rings. The van der Waals surface area contributed by atoms with Crippen molar-refractivity contribution in [2.75, 3.05) is 13.2 Å². The van der Waals surface area contributed by atoms with Crippen LogP contribution < -0.4 is 0 Å². The third kappa shape index (κ3) is 6.12. The highest BCUT2D eigenvalue weighted by Gasteiger charge is 2.42. The molecule has 0 aliphatic heterocycles. The smallest absolute Gasteiger partial charge is 0.303 e. The predicted molar refractivity (Wildman–Crippen MR) is 73.6 cm³/mol. The topological polar surface area (TPSA) is 52.6 Å². The van der Waals surface area contributed by atoms with Crippen LogP contribution in [0.4, 0.5) is 0 Å². The van der Waals surface area contributed by atoms with E-state index in [1.54, 1.807) is 20.8 Å². The average Bonchev–Trinajstić information content (AvgIpc) is 2.21. The van der Waals surface area contributed by atoms with E-state index in [0.717, 1.165) is 0 Å². The SMILES string of the molecule is CC(C)COP(=O)(OCC(C)C)C(=O)C(C)(C)C. The van der Waals surface area contributed by atoms with Crippen LogP contribution in [0.2, 0.25) is 0 Å². The van der Waals surface area contributed by atoms with Gasteiger partial charge in [0.25, 0.3) is 0 Å². The molecule has 0 unspecified atom stereocenters. The van der Waals surface area contributed by atoms with Crippen molar-refractivity contribution in [3.05, 3.63) is 0 Å². The zero-order valence-corrected chi connectivity index (χ0v) is 13.5. The number of carbonyl (C=O) groups excluding carboxylic acids is 1. The van der Waals surface area contributed by atoms with E-state index in [1.165, 1.54) is 0 Å². The van der Waals surface area contributed by atoms with Gasteiger partial charge in [-0.15, -0.1) is 0 Å². The number of hydrogen-bond donors (Lipinski definition) is 0. The Kier molecular flexibility index (Phi) is 6.77. The molecule has 108 valence electrons. The minimum absolute atomic E-state index is 0.203. The van der Waals surface area contributed by atoms with Crippen LogP contribution >= 0.6 is 7.60 Å². The van der Waals surface area contributed by atoms with E-state index in [9.17, 15) is 9.36 Å². The minimum atomic E-state index is -3.68. The van der Waals surface area contributed by atoms with Gasteiger partial charge in [0.1, 0.15) is 0 Å². The van der Waals surface area contributed by atoms with E-state index in [1.807, 2.05) is 27.7 Å². The lowest BCUT2D eigenvalue weighted by atomic mass is 10.00. The lowest BCUT2D eigenvalue weighted by Gasteiger charge is -2.25. The van der Waals surface area contributed by atoms with Crippen LogP contribution in [0.15, 0.2) is 0 Å². The zero-order valence-electron chi connectivity index (χ0n) is 12.6. The van der Waals surface area contributed by atoms with Gasteiger partial charge in [0.2, 0.25) is 5.52 Å². The van der Waals surface area contributed by atoms with Crippen molar-refractivity contribution in [3.63, 3.8) is 0 Å². The summed E-state index contributed by atoms with van der Waals surface area (Å²) in [7, 11) is -3.68. The number of rotatable bonds is 7. The van der Waals surface area contributed by atoms with Crippen LogP contribution in [0.3, 0.4) is 0 Å². The second-order valence-electron chi connectivity index (χ2n) is 6.43. The predicted octanol–water partition coefficient (Wildman–Crippen LogP) is 4.10. The van der Waals surface area contributed by atoms with Gasteiger partial charge < -0.3 is 9.05 Å². The number of carbonyl (C=O) groups is 1. The van der Waals surface area contributed by atoms with E-state index in [-0.39, 0.29) is 25.0 Å². The normalized spacial score (nSPS) is 13.4. The Hall–Kier alpha value is -0.180. The van der Waals surface area contributed by atoms with Gasteiger partial charge in [0, 0.05) is 5.41 Å². The minimum Gasteiger partial charge on any atom is -0.303 e. The summed E-state index contributed by atoms with van der Waals surface area (Å²) in [6.45, 7) is 13.4. The molecule has 0 aromatic carbocycles. The maximum Gasteiger partial charge on any atom is 0.397 e. The summed E-state index contributed by atoms with van der Waals surface area (Å²) >= 11 is 0. The maximum atomic E-state index is 12.6. The van der Waals surface area contributed by atoms with E-state index < -0.39 is 18.5 Å². The molecule has 0 spiro atoms. The largest absolute Gasteiger partial charge is 0.397 e. The quantitative estimate of drug-likeness (QED) is 0.658. The van der Waals surface area contributed by atoms with Crippen molar-refractivity contribution in [3.8, 4) is 0 Å². The molecule has 0 radical (unpaired) electrons. The van der Waals surface area contributed by atoms with Gasteiger partial charge in [-0.2, -0.15) is 0 Å². The summed E-state index contributed by atoms with van der Waals surface area (Å²) < 4.78 is 23.2. The molecule has 18 heavy (non-hydrogen) atoms. The maximum absolute atomic E-state index is 12.6. The summed E-state index contributed by atoms with van der Waals surface area (Å²) in [5.41, 5.74) is -1.18. The van der Waals surface area contributed by atoms with E-state index in [4.69, 9.17) is 9.05 Å². The van der Waals surface area contributed by atoms with Gasteiger partial charge in [0.15, 0.2) is 0 Å². The van der Waals surface area contributed by atoms with Gasteiger partial charge in [-0.3, -0.25) is 9.36 Å². The summed E-state index contributed by atoms with van der Waals surface area (Å²) in [5.74, 6) is 0.405. The van der Waals surface area contributed by atoms with E-state index in [2.05, 4.69) is 0 Å². The first-order chi connectivity index (χ1) is 7.99. The molecule has 0 fully saturated rings. The molecule has 0 heterocycles. The number of hydrogen-bond acceptors (Lipinski definition) is 4. The van der Waals surface area contributed by atoms with E-state index in [0.29, 0.717) is 0 Å². The van der Waals surface area contributed by atoms with Crippen LogP contribution in [0.5, 0.6) is 0 Å². The molecule has 0 saturated heterocycles. The van der Waals surface area contributed by atoms with Crippen molar-refractivity contribution >= 4 is 13.1 Å². The van der Waals surface area contributed by atoms with Crippen molar-refractivity contribution in [2.45, 2.75) is 48.5 Å². The average molecular weight is 278 g/mol. The summed E-state index contributed by atoms with van der Waals surface area (Å²) in [6, 6.07) is 0. The van der Waals surface area contributed by atoms with Crippen molar-refractivity contribution in [1.82, 2.24) is 0 Å². The van der Waals surface area contributed by atoms with Crippen LogP contribution in [0.25, 0.3) is 0 Å². The fourth-order valence-corrected chi connectivity index (χ4v) is 3.18. The first-order valence-electron chi connectivity index (χ1n) is 6.43. The molecule has 0 atom stereocenters. The fourth-order valence-electron chi connectivity index (χ4n) is 1.06. The monoisotopic (exact) mass is 278 g/mol. The standard InChI is InChI=1S/C13H27O4P/c1-10(2)8-16-18(15,17-9-11(3)4)12(14)13(5,6)7/h10-11H,8-9H2,1-7H3. The lowest BCUT2D eigenvalue weighted by Crippen LogP contribution is -2.23. The molecule has 0 rings (SSSR count). The molecule has 0 aliphatic carbocycles. The molecule has 0 N–H and O–H groups in total. The summed E-state index contributed by atoms with van der Waals surface area (Å²) in [4.78, 5) is 12.2. The van der Waals surface area contributed by atoms with Gasteiger partial charge in [-0.1, -0.05) is 48.5 Å². The lowest BCUT2D eigenvalue weighted by molar-refractivity contribution is -0.120. The fraction of sp³-hybridized carbons (Fsp3) is 0.923. The van der Waals surface area contributed by atoms with Gasteiger partial charge >= 0.3 is 7.60 Å². The first kappa shape index (κ1) is 17.8. The first-order valence-corrected chi connectivity index (χ1v) is 7.97. The van der Waals surface area contributed by atoms with Crippen LogP contribution in [-0.2, 0) is 18.4 Å². The van der Waals surface area contributed by atoms with Crippen LogP contribution in [0.1, 0.15) is 48.5 Å². The summed E-state index contributed by atoms with van der Waals surface area (Å²) in [6.07, 6.45) is 0. The van der Waals surface area contributed by atoms with Crippen molar-refractivity contribution < 1.29 is 18.4 Å².